The van der Waals surface area contributed by atoms with Crippen LogP contribution in [0.2, 0.25) is 0 Å². The van der Waals surface area contributed by atoms with E-state index in [9.17, 15) is 15.3 Å². The molecule has 24 heavy (non-hydrogen) atoms. The molecule has 1 unspecified atom stereocenters. The Kier molecular flexibility index (Phi) is 10.5. The molecule has 5 heteroatoms. The minimum Gasteiger partial charge on any atom is -0.394 e. The Labute approximate surface area is 151 Å². The normalized spacial score (nSPS) is 13.2. The minimum absolute atomic E-state index is 0.139. The van der Waals surface area contributed by atoms with Crippen molar-refractivity contribution >= 4 is 11.8 Å². The highest BCUT2D eigenvalue weighted by atomic mass is 35.5. The Morgan fingerprint density at radius 1 is 1.00 bits per heavy atom. The van der Waals surface area contributed by atoms with E-state index in [4.69, 9.17) is 11.8 Å². The van der Waals surface area contributed by atoms with Crippen LogP contribution in [-0.4, -0.2) is 34.1 Å². The highest BCUT2D eigenvalue weighted by molar-refractivity contribution is 6.13. The van der Waals surface area contributed by atoms with Crippen molar-refractivity contribution in [3.05, 3.63) is 35.4 Å². The Hall–Kier alpha value is -0.650. The second-order valence-electron chi connectivity index (χ2n) is 6.67. The summed E-state index contributed by atoms with van der Waals surface area (Å²) in [4.78, 5) is 2.39. The van der Waals surface area contributed by atoms with Crippen LogP contribution in [0.15, 0.2) is 24.3 Å². The molecule has 0 fully saturated rings. The SMILES string of the molecule is CCCCCCCCc1ccc(C(O)CC(CO)(CO)NCl)cc1. The highest BCUT2D eigenvalue weighted by Gasteiger charge is 2.31. The topological polar surface area (TPSA) is 72.7 Å². The van der Waals surface area contributed by atoms with E-state index in [2.05, 4.69) is 11.8 Å². The van der Waals surface area contributed by atoms with Gasteiger partial charge in [-0.3, -0.25) is 0 Å². The summed E-state index contributed by atoms with van der Waals surface area (Å²) in [5.41, 5.74) is 0.949. The maximum absolute atomic E-state index is 10.3. The van der Waals surface area contributed by atoms with E-state index in [0.29, 0.717) is 0 Å². The van der Waals surface area contributed by atoms with Gasteiger partial charge in [0.25, 0.3) is 0 Å². The molecule has 138 valence electrons. The highest BCUT2D eigenvalue weighted by Crippen LogP contribution is 2.25. The number of nitrogens with one attached hydrogen (secondary N) is 1. The predicted molar refractivity (Wildman–Crippen MR) is 99.0 cm³/mol. The van der Waals surface area contributed by atoms with Crippen LogP contribution in [0.3, 0.4) is 0 Å². The van der Waals surface area contributed by atoms with Crippen LogP contribution in [0.1, 0.15) is 69.1 Å². The van der Waals surface area contributed by atoms with Crippen molar-refractivity contribution in [3.63, 3.8) is 0 Å². The van der Waals surface area contributed by atoms with E-state index in [1.54, 1.807) is 0 Å². The van der Waals surface area contributed by atoms with Gasteiger partial charge in [0.05, 0.1) is 24.9 Å². The fourth-order valence-electron chi connectivity index (χ4n) is 2.78. The van der Waals surface area contributed by atoms with Crippen molar-refractivity contribution in [2.45, 2.75) is 69.9 Å². The third-order valence-electron chi connectivity index (χ3n) is 4.57. The van der Waals surface area contributed by atoms with Gasteiger partial charge in [0.15, 0.2) is 0 Å². The number of halogens is 1. The van der Waals surface area contributed by atoms with Gasteiger partial charge in [0.2, 0.25) is 0 Å². The quantitative estimate of drug-likeness (QED) is 0.322. The van der Waals surface area contributed by atoms with Crippen molar-refractivity contribution in [3.8, 4) is 0 Å². The summed E-state index contributed by atoms with van der Waals surface area (Å²) in [6.07, 6.45) is 8.10. The first-order valence-electron chi connectivity index (χ1n) is 8.97. The second-order valence-corrected chi connectivity index (χ2v) is 6.86. The van der Waals surface area contributed by atoms with Gasteiger partial charge in [-0.25, -0.2) is 4.84 Å². The van der Waals surface area contributed by atoms with Gasteiger partial charge in [-0.05, 0) is 35.7 Å². The third-order valence-corrected chi connectivity index (χ3v) is 4.97. The Bertz CT molecular complexity index is 426. The van der Waals surface area contributed by atoms with Crippen LogP contribution in [0.25, 0.3) is 0 Å². The lowest BCUT2D eigenvalue weighted by molar-refractivity contribution is 0.0526. The maximum Gasteiger partial charge on any atom is 0.0819 e. The summed E-state index contributed by atoms with van der Waals surface area (Å²) in [5.74, 6) is 0. The molecular weight excluding hydrogens is 326 g/mol. The molecule has 0 bridgehead atoms. The molecule has 0 radical (unpaired) electrons. The van der Waals surface area contributed by atoms with E-state index < -0.39 is 11.6 Å². The number of aliphatic hydroxyl groups is 3. The van der Waals surface area contributed by atoms with E-state index in [0.717, 1.165) is 12.0 Å². The second kappa shape index (κ2) is 11.8. The van der Waals surface area contributed by atoms with Crippen LogP contribution in [0, 0.1) is 0 Å². The minimum atomic E-state index is -1.09. The summed E-state index contributed by atoms with van der Waals surface area (Å²) in [6, 6.07) is 7.90. The van der Waals surface area contributed by atoms with Crippen molar-refractivity contribution in [1.82, 2.24) is 4.84 Å². The lowest BCUT2D eigenvalue weighted by Gasteiger charge is -2.30. The summed E-state index contributed by atoms with van der Waals surface area (Å²) < 4.78 is 0. The van der Waals surface area contributed by atoms with Crippen molar-refractivity contribution in [2.24, 2.45) is 0 Å². The zero-order valence-electron chi connectivity index (χ0n) is 14.7. The number of hydrogen-bond donors (Lipinski definition) is 4. The molecule has 1 aromatic carbocycles. The van der Waals surface area contributed by atoms with Crippen LogP contribution in [-0.2, 0) is 6.42 Å². The first kappa shape index (κ1) is 21.4. The van der Waals surface area contributed by atoms with Crippen LogP contribution < -0.4 is 4.84 Å². The maximum atomic E-state index is 10.3. The van der Waals surface area contributed by atoms with E-state index in [-0.39, 0.29) is 19.6 Å². The predicted octanol–water partition coefficient (Wildman–Crippen LogP) is 3.48. The Morgan fingerprint density at radius 2 is 1.58 bits per heavy atom. The van der Waals surface area contributed by atoms with Gasteiger partial charge >= 0.3 is 0 Å². The summed E-state index contributed by atoms with van der Waals surface area (Å²) in [6.45, 7) is 1.53. The summed E-state index contributed by atoms with van der Waals surface area (Å²) in [5, 5.41) is 29.1. The average Bonchev–Trinajstić information content (AvgIpc) is 2.63. The van der Waals surface area contributed by atoms with Gasteiger partial charge in [0.1, 0.15) is 0 Å². The average molecular weight is 358 g/mol. The smallest absolute Gasteiger partial charge is 0.0819 e. The summed E-state index contributed by atoms with van der Waals surface area (Å²) >= 11 is 5.60. The number of aliphatic hydroxyl groups excluding tert-OH is 3. The van der Waals surface area contributed by atoms with Gasteiger partial charge in [0, 0.05) is 6.42 Å². The monoisotopic (exact) mass is 357 g/mol. The molecule has 0 spiro atoms. The first-order valence-corrected chi connectivity index (χ1v) is 9.35. The number of benzene rings is 1. The van der Waals surface area contributed by atoms with Crippen molar-refractivity contribution < 1.29 is 15.3 Å². The standard InChI is InChI=1S/C19H32ClNO3/c1-2-3-4-5-6-7-8-16-9-11-17(12-10-16)18(24)13-19(14-22,15-23)21-20/h9-12,18,21-24H,2-8,13-15H2,1H3. The van der Waals surface area contributed by atoms with Crippen LogP contribution in [0.5, 0.6) is 0 Å². The molecule has 0 aliphatic heterocycles. The van der Waals surface area contributed by atoms with Gasteiger partial charge < -0.3 is 15.3 Å². The molecule has 0 heterocycles. The van der Waals surface area contributed by atoms with Gasteiger partial charge in [-0.1, -0.05) is 63.3 Å². The molecule has 4 nitrogen and oxygen atoms in total. The molecule has 0 saturated heterocycles. The zero-order valence-corrected chi connectivity index (χ0v) is 15.4. The van der Waals surface area contributed by atoms with E-state index in [1.807, 2.05) is 24.3 Å². The molecular formula is C19H32ClNO3. The number of aryl methyl sites for hydroxylation is 1. The van der Waals surface area contributed by atoms with Crippen LogP contribution in [0.4, 0.5) is 0 Å². The first-order chi connectivity index (χ1) is 11.6. The molecule has 1 atom stereocenters. The lowest BCUT2D eigenvalue weighted by atomic mass is 9.91. The van der Waals surface area contributed by atoms with Crippen molar-refractivity contribution in [1.29, 1.82) is 0 Å². The molecule has 4 N–H and O–H groups in total. The molecule has 0 aliphatic rings. The molecule has 1 aromatic rings. The van der Waals surface area contributed by atoms with Crippen LogP contribution >= 0.6 is 11.8 Å². The fourth-order valence-corrected chi connectivity index (χ4v) is 2.98. The number of hydrogen-bond acceptors (Lipinski definition) is 4. The Balaban J connectivity index is 2.45. The van der Waals surface area contributed by atoms with Gasteiger partial charge in [-0.15, -0.1) is 0 Å². The lowest BCUT2D eigenvalue weighted by Crippen LogP contribution is -2.48. The fraction of sp³-hybridized carbons (Fsp3) is 0.684. The third kappa shape index (κ3) is 7.08. The molecule has 0 saturated carbocycles. The number of rotatable bonds is 13. The zero-order chi connectivity index (χ0) is 17.8. The van der Waals surface area contributed by atoms with E-state index >= 15 is 0 Å². The largest absolute Gasteiger partial charge is 0.394 e. The molecule has 0 aliphatic carbocycles. The Morgan fingerprint density at radius 3 is 2.12 bits per heavy atom. The van der Waals surface area contributed by atoms with Gasteiger partial charge in [-0.2, -0.15) is 0 Å². The molecule has 0 amide bonds. The molecule has 0 aromatic heterocycles. The van der Waals surface area contributed by atoms with Crippen molar-refractivity contribution in [2.75, 3.05) is 13.2 Å². The number of unbranched alkanes of at least 4 members (excludes halogenated alkanes) is 5. The summed E-state index contributed by atoms with van der Waals surface area (Å²) in [7, 11) is 0. The molecule has 1 rings (SSSR count). The van der Waals surface area contributed by atoms with E-state index in [1.165, 1.54) is 44.1 Å².